The Morgan fingerprint density at radius 2 is 1.82 bits per heavy atom. The molecule has 0 amide bonds. The Morgan fingerprint density at radius 1 is 1.09 bits per heavy atom. The summed E-state index contributed by atoms with van der Waals surface area (Å²) in [7, 11) is 1.80. The van der Waals surface area contributed by atoms with Crippen molar-refractivity contribution in [2.45, 2.75) is 25.8 Å². The molecular weight excluding hydrogens is 405 g/mol. The summed E-state index contributed by atoms with van der Waals surface area (Å²) < 4.78 is 0. The van der Waals surface area contributed by atoms with Crippen LogP contribution >= 0.6 is 35.3 Å². The molecule has 120 valence electrons. The first-order valence-corrected chi connectivity index (χ1v) is 8.02. The van der Waals surface area contributed by atoms with Crippen molar-refractivity contribution in [2.24, 2.45) is 4.99 Å². The molecule has 1 heterocycles. The number of guanidine groups is 1. The fourth-order valence-electron chi connectivity index (χ4n) is 2.06. The first-order valence-electron chi connectivity index (χ1n) is 7.14. The van der Waals surface area contributed by atoms with Gasteiger partial charge in [0.25, 0.3) is 0 Å². The highest BCUT2D eigenvalue weighted by molar-refractivity contribution is 14.0. The standard InChI is InChI=1S/C17H23N3S.HI/c1-17(2,15-10-7-11-21-15)13-20-16(18-3)19-12-14-8-5-4-6-9-14;/h4-11H,12-13H2,1-3H3,(H2,18,19,20);1H. The Morgan fingerprint density at radius 3 is 2.41 bits per heavy atom. The normalized spacial score (nSPS) is 11.7. The van der Waals surface area contributed by atoms with Gasteiger partial charge in [-0.2, -0.15) is 0 Å². The van der Waals surface area contributed by atoms with Crippen molar-refractivity contribution in [3.05, 3.63) is 58.3 Å². The molecule has 0 unspecified atom stereocenters. The Kier molecular flexibility index (Phi) is 7.89. The van der Waals surface area contributed by atoms with Crippen LogP contribution in [-0.2, 0) is 12.0 Å². The maximum Gasteiger partial charge on any atom is 0.191 e. The molecule has 5 heteroatoms. The van der Waals surface area contributed by atoms with E-state index in [0.717, 1.165) is 19.0 Å². The van der Waals surface area contributed by atoms with E-state index < -0.39 is 0 Å². The molecule has 0 saturated carbocycles. The summed E-state index contributed by atoms with van der Waals surface area (Å²) in [5.41, 5.74) is 1.34. The number of rotatable bonds is 5. The van der Waals surface area contributed by atoms with Crippen molar-refractivity contribution in [1.29, 1.82) is 0 Å². The summed E-state index contributed by atoms with van der Waals surface area (Å²) in [4.78, 5) is 5.67. The molecule has 1 aromatic heterocycles. The van der Waals surface area contributed by atoms with Gasteiger partial charge in [-0.25, -0.2) is 0 Å². The lowest BCUT2D eigenvalue weighted by atomic mass is 9.91. The molecule has 0 fully saturated rings. The maximum absolute atomic E-state index is 4.29. The maximum atomic E-state index is 4.29. The van der Waals surface area contributed by atoms with Gasteiger partial charge in [0.1, 0.15) is 0 Å². The molecule has 22 heavy (non-hydrogen) atoms. The zero-order chi connectivity index (χ0) is 15.1. The van der Waals surface area contributed by atoms with Crippen LogP contribution in [0.3, 0.4) is 0 Å². The molecule has 3 nitrogen and oxygen atoms in total. The molecule has 0 aliphatic rings. The summed E-state index contributed by atoms with van der Waals surface area (Å²) in [6.45, 7) is 6.12. The Hall–Kier alpha value is -1.08. The van der Waals surface area contributed by atoms with Crippen LogP contribution < -0.4 is 10.6 Å². The van der Waals surface area contributed by atoms with E-state index in [-0.39, 0.29) is 29.4 Å². The number of aliphatic imine (C=N–C) groups is 1. The first kappa shape index (κ1) is 19.0. The quantitative estimate of drug-likeness (QED) is 0.428. The van der Waals surface area contributed by atoms with Gasteiger partial charge in [-0.15, -0.1) is 35.3 Å². The molecule has 0 radical (unpaired) electrons. The summed E-state index contributed by atoms with van der Waals surface area (Å²) in [6.07, 6.45) is 0. The van der Waals surface area contributed by atoms with E-state index in [1.807, 2.05) is 18.2 Å². The van der Waals surface area contributed by atoms with Crippen molar-refractivity contribution >= 4 is 41.3 Å². The minimum Gasteiger partial charge on any atom is -0.356 e. The van der Waals surface area contributed by atoms with E-state index in [9.17, 15) is 0 Å². The van der Waals surface area contributed by atoms with Crippen LogP contribution in [0.15, 0.2) is 52.8 Å². The zero-order valence-electron chi connectivity index (χ0n) is 13.3. The highest BCUT2D eigenvalue weighted by atomic mass is 127. The summed E-state index contributed by atoms with van der Waals surface area (Å²) in [6, 6.07) is 14.6. The van der Waals surface area contributed by atoms with E-state index in [1.165, 1.54) is 10.4 Å². The third-order valence-corrected chi connectivity index (χ3v) is 4.65. The second kappa shape index (κ2) is 9.15. The zero-order valence-corrected chi connectivity index (χ0v) is 16.4. The minimum absolute atomic E-state index is 0. The largest absolute Gasteiger partial charge is 0.356 e. The molecule has 0 atom stereocenters. The van der Waals surface area contributed by atoms with Gasteiger partial charge in [0.05, 0.1) is 0 Å². The van der Waals surface area contributed by atoms with Gasteiger partial charge in [-0.1, -0.05) is 50.2 Å². The van der Waals surface area contributed by atoms with Gasteiger partial charge < -0.3 is 10.6 Å². The molecule has 0 bridgehead atoms. The lowest BCUT2D eigenvalue weighted by Crippen LogP contribution is -2.42. The van der Waals surface area contributed by atoms with Crippen molar-refractivity contribution in [3.8, 4) is 0 Å². The van der Waals surface area contributed by atoms with E-state index in [4.69, 9.17) is 0 Å². The van der Waals surface area contributed by atoms with E-state index in [1.54, 1.807) is 18.4 Å². The van der Waals surface area contributed by atoms with Gasteiger partial charge in [-0.05, 0) is 17.0 Å². The molecule has 2 N–H and O–H groups in total. The summed E-state index contributed by atoms with van der Waals surface area (Å²) >= 11 is 1.80. The topological polar surface area (TPSA) is 36.4 Å². The van der Waals surface area contributed by atoms with Crippen LogP contribution in [0.25, 0.3) is 0 Å². The monoisotopic (exact) mass is 429 g/mol. The average Bonchev–Trinajstić information content (AvgIpc) is 3.03. The number of benzene rings is 1. The molecule has 1 aromatic carbocycles. The molecule has 0 aliphatic carbocycles. The fourth-order valence-corrected chi connectivity index (χ4v) is 2.91. The van der Waals surface area contributed by atoms with Crippen LogP contribution in [0.4, 0.5) is 0 Å². The molecule has 2 rings (SSSR count). The molecule has 0 aliphatic heterocycles. The molecular formula is C17H24IN3S. The van der Waals surface area contributed by atoms with E-state index >= 15 is 0 Å². The number of nitrogens with zero attached hydrogens (tertiary/aromatic N) is 1. The van der Waals surface area contributed by atoms with Gasteiger partial charge in [-0.3, -0.25) is 4.99 Å². The smallest absolute Gasteiger partial charge is 0.191 e. The number of halogens is 1. The summed E-state index contributed by atoms with van der Waals surface area (Å²) in [5, 5.41) is 8.88. The Balaban J connectivity index is 0.00000242. The van der Waals surface area contributed by atoms with Gasteiger partial charge in [0.15, 0.2) is 5.96 Å². The van der Waals surface area contributed by atoms with Gasteiger partial charge >= 0.3 is 0 Å². The van der Waals surface area contributed by atoms with Gasteiger partial charge in [0.2, 0.25) is 0 Å². The third-order valence-electron chi connectivity index (χ3n) is 3.41. The second-order valence-corrected chi connectivity index (χ2v) is 6.57. The second-order valence-electron chi connectivity index (χ2n) is 5.63. The highest BCUT2D eigenvalue weighted by Crippen LogP contribution is 2.26. The predicted molar refractivity (Wildman–Crippen MR) is 107 cm³/mol. The Labute approximate surface area is 154 Å². The lowest BCUT2D eigenvalue weighted by Gasteiger charge is -2.25. The summed E-state index contributed by atoms with van der Waals surface area (Å²) in [5.74, 6) is 0.837. The first-order chi connectivity index (χ1) is 10.1. The van der Waals surface area contributed by atoms with Crippen molar-refractivity contribution < 1.29 is 0 Å². The van der Waals surface area contributed by atoms with Gasteiger partial charge in [0, 0.05) is 30.4 Å². The third kappa shape index (κ3) is 5.61. The molecule has 0 spiro atoms. The van der Waals surface area contributed by atoms with E-state index in [0.29, 0.717) is 0 Å². The highest BCUT2D eigenvalue weighted by Gasteiger charge is 2.21. The van der Waals surface area contributed by atoms with Crippen LogP contribution in [0, 0.1) is 0 Å². The number of hydrogen-bond donors (Lipinski definition) is 2. The Bertz CT molecular complexity index is 565. The van der Waals surface area contributed by atoms with Crippen molar-refractivity contribution in [2.75, 3.05) is 13.6 Å². The van der Waals surface area contributed by atoms with Crippen LogP contribution in [0.2, 0.25) is 0 Å². The van der Waals surface area contributed by atoms with Crippen molar-refractivity contribution in [3.63, 3.8) is 0 Å². The SMILES string of the molecule is CN=C(NCc1ccccc1)NCC(C)(C)c1cccs1.I. The molecule has 0 saturated heterocycles. The lowest BCUT2D eigenvalue weighted by molar-refractivity contribution is 0.518. The molecule has 2 aromatic rings. The van der Waals surface area contributed by atoms with E-state index in [2.05, 4.69) is 59.1 Å². The van der Waals surface area contributed by atoms with Crippen LogP contribution in [0.5, 0.6) is 0 Å². The minimum atomic E-state index is 0. The predicted octanol–water partition coefficient (Wildman–Crippen LogP) is 4.01. The number of thiophene rings is 1. The fraction of sp³-hybridized carbons (Fsp3) is 0.353. The van der Waals surface area contributed by atoms with Crippen molar-refractivity contribution in [1.82, 2.24) is 10.6 Å². The van der Waals surface area contributed by atoms with Crippen LogP contribution in [-0.4, -0.2) is 19.6 Å². The van der Waals surface area contributed by atoms with Crippen LogP contribution in [0.1, 0.15) is 24.3 Å². The average molecular weight is 429 g/mol. The number of nitrogens with one attached hydrogen (secondary N) is 2. The number of hydrogen-bond acceptors (Lipinski definition) is 2.